The van der Waals surface area contributed by atoms with Gasteiger partial charge in [-0.05, 0) is 59.0 Å². The number of carbonyl (C=O) groups is 1. The molecular formula is C26H51NO3Si3. The third-order valence-corrected chi connectivity index (χ3v) is 21.6. The molecule has 1 N–H and O–H groups in total. The van der Waals surface area contributed by atoms with Crippen LogP contribution in [0, 0.1) is 0 Å². The molecule has 1 rings (SSSR count). The minimum Gasteiger partial charge on any atom is -0.543 e. The van der Waals surface area contributed by atoms with Crippen LogP contribution in [-0.4, -0.2) is 30.8 Å². The molecule has 0 spiro atoms. The zero-order valence-corrected chi connectivity index (χ0v) is 27.1. The van der Waals surface area contributed by atoms with Crippen molar-refractivity contribution in [2.24, 2.45) is 0 Å². The van der Waals surface area contributed by atoms with Gasteiger partial charge >= 0.3 is 5.97 Å². The fraction of sp³-hybridized carbons (Fsp3) is 0.731. The SMILES string of the molecule is CC(C)(C)[Si](C)(C)NC(C(=O)O[Si](C)(C)C(C)(C)C)c1cccc(O[Si](C)(C)C(C)(C)C)c1. The summed E-state index contributed by atoms with van der Waals surface area (Å²) in [6, 6.07) is 7.56. The number of hydrogen-bond donors (Lipinski definition) is 1. The Bertz CT molecular complexity index is 828. The second-order valence-electron chi connectivity index (χ2n) is 14.1. The first-order valence-electron chi connectivity index (χ1n) is 12.2. The smallest absolute Gasteiger partial charge is 0.313 e. The van der Waals surface area contributed by atoms with Gasteiger partial charge in [-0.25, -0.2) is 0 Å². The van der Waals surface area contributed by atoms with Crippen LogP contribution in [0.5, 0.6) is 5.75 Å². The largest absolute Gasteiger partial charge is 0.543 e. The highest BCUT2D eigenvalue weighted by atomic mass is 28.4. The summed E-state index contributed by atoms with van der Waals surface area (Å²) >= 11 is 0. The summed E-state index contributed by atoms with van der Waals surface area (Å²) in [6.45, 7) is 33.3. The first-order valence-corrected chi connectivity index (χ1v) is 21.0. The number of carbonyl (C=O) groups excluding carboxylic acids is 1. The molecule has 0 radical (unpaired) electrons. The number of rotatable bonds is 7. The fourth-order valence-electron chi connectivity index (χ4n) is 2.52. The van der Waals surface area contributed by atoms with Gasteiger partial charge in [-0.2, -0.15) is 0 Å². The van der Waals surface area contributed by atoms with Crippen LogP contribution in [0.2, 0.25) is 54.4 Å². The molecule has 0 amide bonds. The maximum atomic E-state index is 13.7. The van der Waals surface area contributed by atoms with Crippen molar-refractivity contribution in [1.29, 1.82) is 0 Å². The van der Waals surface area contributed by atoms with Gasteiger partial charge in [-0.3, -0.25) is 4.79 Å². The molecule has 33 heavy (non-hydrogen) atoms. The summed E-state index contributed by atoms with van der Waals surface area (Å²) < 4.78 is 12.9. The predicted octanol–water partition coefficient (Wildman–Crippen LogP) is 8.25. The second kappa shape index (κ2) is 9.63. The standard InChI is InChI=1S/C26H51NO3Si3/c1-24(2,3)31(10,11)27-22(23(28)30-33(14,15)26(7,8)9)20-17-16-18-21(19-20)29-32(12,13)25(4,5)6/h16-19,22,27H,1-15H3. The van der Waals surface area contributed by atoms with E-state index in [0.717, 1.165) is 11.3 Å². The summed E-state index contributed by atoms with van der Waals surface area (Å²) in [5.41, 5.74) is 0.916. The highest BCUT2D eigenvalue weighted by Crippen LogP contribution is 2.41. The van der Waals surface area contributed by atoms with Crippen LogP contribution in [-0.2, 0) is 9.22 Å². The highest BCUT2D eigenvalue weighted by Gasteiger charge is 2.45. The van der Waals surface area contributed by atoms with E-state index in [4.69, 9.17) is 8.85 Å². The minimum atomic E-state index is -2.26. The first-order chi connectivity index (χ1) is 14.4. The van der Waals surface area contributed by atoms with Crippen LogP contribution in [0.15, 0.2) is 24.3 Å². The summed E-state index contributed by atoms with van der Waals surface area (Å²) in [7, 11) is -6.25. The van der Waals surface area contributed by atoms with Crippen molar-refractivity contribution in [3.05, 3.63) is 29.8 Å². The van der Waals surface area contributed by atoms with Crippen LogP contribution in [0.1, 0.15) is 73.9 Å². The van der Waals surface area contributed by atoms with Gasteiger partial charge in [-0.1, -0.05) is 87.5 Å². The molecule has 4 nitrogen and oxygen atoms in total. The molecule has 0 fully saturated rings. The molecule has 0 saturated carbocycles. The molecule has 1 aromatic rings. The lowest BCUT2D eigenvalue weighted by Crippen LogP contribution is -2.56. The van der Waals surface area contributed by atoms with Crippen LogP contribution in [0.25, 0.3) is 0 Å². The zero-order valence-electron chi connectivity index (χ0n) is 24.1. The summed E-state index contributed by atoms with van der Waals surface area (Å²) in [6.07, 6.45) is 0. The maximum Gasteiger partial charge on any atom is 0.313 e. The molecule has 0 aliphatic heterocycles. The average Bonchev–Trinajstić information content (AvgIpc) is 2.56. The lowest BCUT2D eigenvalue weighted by molar-refractivity contribution is -0.137. The van der Waals surface area contributed by atoms with E-state index >= 15 is 0 Å². The lowest BCUT2D eigenvalue weighted by atomic mass is 10.1. The van der Waals surface area contributed by atoms with E-state index in [-0.39, 0.29) is 21.1 Å². The van der Waals surface area contributed by atoms with Crippen molar-refractivity contribution in [1.82, 2.24) is 4.98 Å². The molecule has 0 aromatic heterocycles. The third-order valence-electron chi connectivity index (χ3n) is 8.15. The van der Waals surface area contributed by atoms with E-state index < -0.39 is 30.9 Å². The van der Waals surface area contributed by atoms with Gasteiger partial charge in [0.05, 0.1) is 0 Å². The Hall–Kier alpha value is -0.899. The van der Waals surface area contributed by atoms with E-state index in [1.54, 1.807) is 0 Å². The summed E-state index contributed by atoms with van der Waals surface area (Å²) in [5, 5.41) is 0.137. The van der Waals surface area contributed by atoms with Crippen molar-refractivity contribution >= 4 is 30.8 Å². The molecule has 0 heterocycles. The highest BCUT2D eigenvalue weighted by molar-refractivity contribution is 6.78. The lowest BCUT2D eigenvalue weighted by Gasteiger charge is -2.42. The molecular weight excluding hydrogens is 459 g/mol. The average molecular weight is 510 g/mol. The summed E-state index contributed by atoms with van der Waals surface area (Å²) in [5.74, 6) is 0.664. The molecule has 0 bridgehead atoms. The molecule has 0 saturated heterocycles. The predicted molar refractivity (Wildman–Crippen MR) is 151 cm³/mol. The third kappa shape index (κ3) is 7.54. The van der Waals surface area contributed by atoms with Crippen molar-refractivity contribution in [2.45, 2.75) is 123 Å². The Morgan fingerprint density at radius 2 is 1.27 bits per heavy atom. The zero-order chi connectivity index (χ0) is 26.3. The Morgan fingerprint density at radius 3 is 1.70 bits per heavy atom. The van der Waals surface area contributed by atoms with E-state index in [1.807, 2.05) is 24.3 Å². The van der Waals surface area contributed by atoms with Crippen molar-refractivity contribution in [3.63, 3.8) is 0 Å². The topological polar surface area (TPSA) is 47.6 Å². The Kier molecular flexibility index (Phi) is 8.79. The Balaban J connectivity index is 3.45. The fourth-order valence-corrected chi connectivity index (χ4v) is 5.91. The van der Waals surface area contributed by atoms with Gasteiger partial charge in [0, 0.05) is 0 Å². The molecule has 1 aromatic carbocycles. The molecule has 190 valence electrons. The molecule has 0 aliphatic rings. The van der Waals surface area contributed by atoms with Crippen LogP contribution >= 0.6 is 0 Å². The first kappa shape index (κ1) is 30.1. The molecule has 1 atom stereocenters. The van der Waals surface area contributed by atoms with Crippen LogP contribution < -0.4 is 9.41 Å². The van der Waals surface area contributed by atoms with Crippen molar-refractivity contribution in [2.75, 3.05) is 0 Å². The molecule has 7 heteroatoms. The Morgan fingerprint density at radius 1 is 0.788 bits per heavy atom. The number of nitrogens with one attached hydrogen (secondary N) is 1. The van der Waals surface area contributed by atoms with E-state index in [0.29, 0.717) is 0 Å². The van der Waals surface area contributed by atoms with Gasteiger partial charge in [-0.15, -0.1) is 0 Å². The number of hydrogen-bond acceptors (Lipinski definition) is 4. The van der Waals surface area contributed by atoms with Gasteiger partial charge in [0.25, 0.3) is 8.32 Å². The van der Waals surface area contributed by atoms with E-state index in [9.17, 15) is 4.79 Å². The number of benzene rings is 1. The van der Waals surface area contributed by atoms with Crippen molar-refractivity contribution < 1.29 is 13.6 Å². The normalized spacial score (nSPS) is 15.2. The summed E-state index contributed by atoms with van der Waals surface area (Å²) in [4.78, 5) is 17.5. The van der Waals surface area contributed by atoms with Gasteiger partial charge in [0.1, 0.15) is 20.0 Å². The minimum absolute atomic E-state index is 0.0442. The van der Waals surface area contributed by atoms with Gasteiger partial charge < -0.3 is 13.8 Å². The maximum absolute atomic E-state index is 13.7. The van der Waals surface area contributed by atoms with Gasteiger partial charge in [0.2, 0.25) is 8.32 Å². The molecule has 1 unspecified atom stereocenters. The van der Waals surface area contributed by atoms with Gasteiger partial charge in [0.15, 0.2) is 0 Å². The van der Waals surface area contributed by atoms with Crippen LogP contribution in [0.3, 0.4) is 0 Å². The van der Waals surface area contributed by atoms with Crippen molar-refractivity contribution in [3.8, 4) is 5.75 Å². The second-order valence-corrected chi connectivity index (χ2v) is 28.6. The van der Waals surface area contributed by atoms with E-state index in [1.165, 1.54) is 0 Å². The van der Waals surface area contributed by atoms with E-state index in [2.05, 4.69) is 107 Å². The van der Waals surface area contributed by atoms with Crippen LogP contribution in [0.4, 0.5) is 0 Å². The monoisotopic (exact) mass is 509 g/mol. The Labute approximate surface area is 207 Å². The molecule has 0 aliphatic carbocycles. The quantitative estimate of drug-likeness (QED) is 0.376.